The Hall–Kier alpha value is -1.24. The molecule has 0 aliphatic carbocycles. The van der Waals surface area contributed by atoms with Gasteiger partial charge >= 0.3 is 6.01 Å². The van der Waals surface area contributed by atoms with Crippen molar-refractivity contribution in [2.75, 3.05) is 29.7 Å². The van der Waals surface area contributed by atoms with E-state index in [0.717, 1.165) is 12.2 Å². The fraction of sp³-hybridized carbons (Fsp3) is 0.700. The fourth-order valence-corrected chi connectivity index (χ4v) is 1.81. The van der Waals surface area contributed by atoms with Crippen molar-refractivity contribution in [1.82, 2.24) is 15.0 Å². The first kappa shape index (κ1) is 13.8. The van der Waals surface area contributed by atoms with Gasteiger partial charge in [0.25, 0.3) is 0 Å². The monoisotopic (exact) mass is 257 g/mol. The van der Waals surface area contributed by atoms with Crippen LogP contribution in [-0.2, 0) is 0 Å². The normalized spacial score (nSPS) is 12.2. The molecule has 0 amide bonds. The first-order valence-electron chi connectivity index (χ1n) is 5.55. The number of rotatable bonds is 7. The average molecular weight is 257 g/mol. The SMILES string of the molecule is CCOc1nc(N)nc(NC(C)CCSC)n1. The van der Waals surface area contributed by atoms with Crippen molar-refractivity contribution < 1.29 is 4.74 Å². The molecule has 7 heteroatoms. The standard InChI is InChI=1S/C10H19N5OS/c1-4-16-10-14-8(11)13-9(15-10)12-7(2)5-6-17-3/h7H,4-6H2,1-3H3,(H3,11,12,13,14,15). The number of hydrogen-bond acceptors (Lipinski definition) is 7. The molecular weight excluding hydrogens is 238 g/mol. The molecule has 1 aromatic heterocycles. The molecule has 0 aliphatic rings. The van der Waals surface area contributed by atoms with Crippen LogP contribution < -0.4 is 15.8 Å². The van der Waals surface area contributed by atoms with Crippen molar-refractivity contribution in [1.29, 1.82) is 0 Å². The summed E-state index contributed by atoms with van der Waals surface area (Å²) in [5, 5.41) is 3.18. The molecule has 1 unspecified atom stereocenters. The topological polar surface area (TPSA) is 86.0 Å². The Morgan fingerprint density at radius 2 is 2.18 bits per heavy atom. The van der Waals surface area contributed by atoms with E-state index in [1.54, 1.807) is 0 Å². The van der Waals surface area contributed by atoms with E-state index in [2.05, 4.69) is 33.4 Å². The second-order valence-corrected chi connectivity index (χ2v) is 4.55. The van der Waals surface area contributed by atoms with Crippen LogP contribution in [0.25, 0.3) is 0 Å². The average Bonchev–Trinajstić information content (AvgIpc) is 2.26. The first-order valence-corrected chi connectivity index (χ1v) is 6.95. The summed E-state index contributed by atoms with van der Waals surface area (Å²) in [6.07, 6.45) is 3.12. The fourth-order valence-electron chi connectivity index (χ4n) is 1.22. The Balaban J connectivity index is 2.63. The summed E-state index contributed by atoms with van der Waals surface area (Å²) in [7, 11) is 0. The number of nitrogens with one attached hydrogen (secondary N) is 1. The van der Waals surface area contributed by atoms with Gasteiger partial charge in [-0.1, -0.05) is 0 Å². The van der Waals surface area contributed by atoms with Gasteiger partial charge < -0.3 is 15.8 Å². The molecule has 0 radical (unpaired) electrons. The maximum atomic E-state index is 5.58. The molecule has 0 aromatic carbocycles. The molecule has 6 nitrogen and oxygen atoms in total. The minimum atomic E-state index is 0.169. The Kier molecular flexibility index (Phi) is 5.82. The Bertz CT molecular complexity index is 349. The number of nitrogens with zero attached hydrogens (tertiary/aromatic N) is 3. The van der Waals surface area contributed by atoms with E-state index in [1.165, 1.54) is 0 Å². The molecule has 1 atom stereocenters. The Morgan fingerprint density at radius 1 is 1.41 bits per heavy atom. The van der Waals surface area contributed by atoms with E-state index >= 15 is 0 Å². The van der Waals surface area contributed by atoms with Crippen LogP contribution in [0.4, 0.5) is 11.9 Å². The van der Waals surface area contributed by atoms with E-state index in [4.69, 9.17) is 10.5 Å². The zero-order valence-electron chi connectivity index (χ0n) is 10.4. The van der Waals surface area contributed by atoms with Crippen LogP contribution in [-0.4, -0.2) is 39.6 Å². The summed E-state index contributed by atoms with van der Waals surface area (Å²) in [4.78, 5) is 12.0. The summed E-state index contributed by atoms with van der Waals surface area (Å²) >= 11 is 1.81. The van der Waals surface area contributed by atoms with Gasteiger partial charge in [-0.25, -0.2) is 0 Å². The molecule has 1 heterocycles. The van der Waals surface area contributed by atoms with Crippen molar-refractivity contribution in [2.45, 2.75) is 26.3 Å². The van der Waals surface area contributed by atoms with Crippen LogP contribution in [0.2, 0.25) is 0 Å². The van der Waals surface area contributed by atoms with Gasteiger partial charge in [0.15, 0.2) is 0 Å². The molecule has 0 saturated heterocycles. The van der Waals surface area contributed by atoms with Crippen LogP contribution in [0.3, 0.4) is 0 Å². The lowest BCUT2D eigenvalue weighted by Crippen LogP contribution is -2.19. The van der Waals surface area contributed by atoms with Gasteiger partial charge in [0, 0.05) is 6.04 Å². The predicted molar refractivity (Wildman–Crippen MR) is 71.5 cm³/mol. The maximum absolute atomic E-state index is 5.58. The first-order chi connectivity index (χ1) is 8.15. The quantitative estimate of drug-likeness (QED) is 0.763. The smallest absolute Gasteiger partial charge is 0.323 e. The van der Waals surface area contributed by atoms with E-state index in [9.17, 15) is 0 Å². The highest BCUT2D eigenvalue weighted by molar-refractivity contribution is 7.98. The van der Waals surface area contributed by atoms with Crippen molar-refractivity contribution in [3.05, 3.63) is 0 Å². The Labute approximate surface area is 106 Å². The maximum Gasteiger partial charge on any atom is 0.323 e. The van der Waals surface area contributed by atoms with Crippen LogP contribution in [0.5, 0.6) is 6.01 Å². The molecular formula is C10H19N5OS. The molecule has 0 aliphatic heterocycles. The van der Waals surface area contributed by atoms with Crippen molar-refractivity contribution >= 4 is 23.7 Å². The van der Waals surface area contributed by atoms with Gasteiger partial charge in [0.2, 0.25) is 11.9 Å². The largest absolute Gasteiger partial charge is 0.464 e. The zero-order valence-corrected chi connectivity index (χ0v) is 11.3. The van der Waals surface area contributed by atoms with Crippen LogP contribution >= 0.6 is 11.8 Å². The third-order valence-corrected chi connectivity index (χ3v) is 2.68. The van der Waals surface area contributed by atoms with Crippen molar-refractivity contribution in [3.63, 3.8) is 0 Å². The van der Waals surface area contributed by atoms with E-state index in [1.807, 2.05) is 18.7 Å². The lowest BCUT2D eigenvalue weighted by Gasteiger charge is -2.13. The molecule has 1 aromatic rings. The summed E-state index contributed by atoms with van der Waals surface area (Å²) < 4.78 is 5.20. The number of aromatic nitrogens is 3. The molecule has 1 rings (SSSR count). The molecule has 3 N–H and O–H groups in total. The summed E-state index contributed by atoms with van der Waals surface area (Å²) in [5.74, 6) is 1.73. The van der Waals surface area contributed by atoms with E-state index in [0.29, 0.717) is 18.6 Å². The number of nitrogens with two attached hydrogens (primary N) is 1. The van der Waals surface area contributed by atoms with Gasteiger partial charge in [-0.15, -0.1) is 0 Å². The van der Waals surface area contributed by atoms with Crippen LogP contribution in [0.15, 0.2) is 0 Å². The number of anilines is 2. The van der Waals surface area contributed by atoms with Crippen LogP contribution in [0.1, 0.15) is 20.3 Å². The highest BCUT2D eigenvalue weighted by Crippen LogP contribution is 2.11. The highest BCUT2D eigenvalue weighted by atomic mass is 32.2. The molecule has 96 valence electrons. The van der Waals surface area contributed by atoms with E-state index < -0.39 is 0 Å². The van der Waals surface area contributed by atoms with Gasteiger partial charge in [-0.2, -0.15) is 26.7 Å². The number of hydrogen-bond donors (Lipinski definition) is 2. The van der Waals surface area contributed by atoms with Gasteiger partial charge in [-0.3, -0.25) is 0 Å². The van der Waals surface area contributed by atoms with Gasteiger partial charge in [0.1, 0.15) is 0 Å². The van der Waals surface area contributed by atoms with Gasteiger partial charge in [0.05, 0.1) is 6.61 Å². The van der Waals surface area contributed by atoms with Gasteiger partial charge in [-0.05, 0) is 32.3 Å². The minimum absolute atomic E-state index is 0.169. The molecule has 0 fully saturated rings. The molecule has 0 bridgehead atoms. The van der Waals surface area contributed by atoms with Crippen molar-refractivity contribution in [3.8, 4) is 6.01 Å². The number of ether oxygens (including phenoxy) is 1. The third-order valence-electron chi connectivity index (χ3n) is 2.04. The Morgan fingerprint density at radius 3 is 2.82 bits per heavy atom. The highest BCUT2D eigenvalue weighted by Gasteiger charge is 2.08. The second kappa shape index (κ2) is 7.16. The third kappa shape index (κ3) is 5.08. The lowest BCUT2D eigenvalue weighted by atomic mass is 10.3. The van der Waals surface area contributed by atoms with Crippen LogP contribution in [0, 0.1) is 0 Å². The second-order valence-electron chi connectivity index (χ2n) is 3.56. The lowest BCUT2D eigenvalue weighted by molar-refractivity contribution is 0.312. The summed E-state index contributed by atoms with van der Waals surface area (Å²) in [5.41, 5.74) is 5.58. The number of thioether (sulfide) groups is 1. The minimum Gasteiger partial charge on any atom is -0.464 e. The zero-order chi connectivity index (χ0) is 12.7. The molecule has 17 heavy (non-hydrogen) atoms. The van der Waals surface area contributed by atoms with Crippen molar-refractivity contribution in [2.24, 2.45) is 0 Å². The number of nitrogen functional groups attached to an aromatic ring is 1. The summed E-state index contributed by atoms with van der Waals surface area (Å²) in [6, 6.07) is 0.554. The van der Waals surface area contributed by atoms with E-state index in [-0.39, 0.29) is 12.0 Å². The molecule has 0 saturated carbocycles. The summed E-state index contributed by atoms with van der Waals surface area (Å²) in [6.45, 7) is 4.45. The molecule has 0 spiro atoms. The predicted octanol–water partition coefficient (Wildman–Crippen LogP) is 1.41.